The highest BCUT2D eigenvalue weighted by Gasteiger charge is 2.11. The number of hydrogen-bond donors (Lipinski definition) is 3. The highest BCUT2D eigenvalue weighted by atomic mass is 16.5. The molecule has 3 heterocycles. The Labute approximate surface area is 101 Å². The van der Waals surface area contributed by atoms with Crippen LogP contribution in [0.15, 0.2) is 35.5 Å². The van der Waals surface area contributed by atoms with Gasteiger partial charge in [-0.15, -0.1) is 0 Å². The molecule has 90 valence electrons. The van der Waals surface area contributed by atoms with Crippen molar-refractivity contribution in [2.75, 3.05) is 5.73 Å². The number of hydrogen-bond acceptors (Lipinski definition) is 5. The SMILES string of the molecule is Nc1nc2c(Oc3cccnc3)c[nH]c2c(=O)[nH]1. The van der Waals surface area contributed by atoms with Crippen LogP contribution in [-0.2, 0) is 0 Å². The average Bonchev–Trinajstić information content (AvgIpc) is 2.74. The minimum atomic E-state index is -0.335. The van der Waals surface area contributed by atoms with E-state index in [0.717, 1.165) is 0 Å². The van der Waals surface area contributed by atoms with Crippen LogP contribution in [0.1, 0.15) is 0 Å². The van der Waals surface area contributed by atoms with Crippen LogP contribution in [-0.4, -0.2) is 19.9 Å². The summed E-state index contributed by atoms with van der Waals surface area (Å²) in [5, 5.41) is 0. The van der Waals surface area contributed by atoms with E-state index in [4.69, 9.17) is 10.5 Å². The van der Waals surface area contributed by atoms with Gasteiger partial charge in [-0.1, -0.05) is 0 Å². The number of pyridine rings is 1. The molecule has 0 aliphatic rings. The first-order valence-corrected chi connectivity index (χ1v) is 5.19. The largest absolute Gasteiger partial charge is 0.452 e. The van der Waals surface area contributed by atoms with Crippen molar-refractivity contribution < 1.29 is 4.74 Å². The summed E-state index contributed by atoms with van der Waals surface area (Å²) in [6, 6.07) is 3.50. The molecule has 0 bridgehead atoms. The van der Waals surface area contributed by atoms with Gasteiger partial charge in [0.1, 0.15) is 16.8 Å². The quantitative estimate of drug-likeness (QED) is 0.622. The number of nitrogens with one attached hydrogen (secondary N) is 2. The third kappa shape index (κ3) is 1.67. The van der Waals surface area contributed by atoms with Gasteiger partial charge >= 0.3 is 0 Å². The molecule has 0 fully saturated rings. The fourth-order valence-corrected chi connectivity index (χ4v) is 1.62. The van der Waals surface area contributed by atoms with E-state index in [1.54, 1.807) is 30.7 Å². The molecule has 0 atom stereocenters. The Morgan fingerprint density at radius 2 is 2.28 bits per heavy atom. The van der Waals surface area contributed by atoms with Crippen molar-refractivity contribution in [3.8, 4) is 11.5 Å². The molecule has 4 N–H and O–H groups in total. The number of anilines is 1. The summed E-state index contributed by atoms with van der Waals surface area (Å²) in [6.07, 6.45) is 4.76. The zero-order chi connectivity index (χ0) is 12.5. The van der Waals surface area contributed by atoms with Gasteiger partial charge in [-0.3, -0.25) is 14.8 Å². The molecule has 0 unspecified atom stereocenters. The van der Waals surface area contributed by atoms with Crippen LogP contribution in [0.2, 0.25) is 0 Å². The van der Waals surface area contributed by atoms with Crippen molar-refractivity contribution >= 4 is 17.0 Å². The second-order valence-electron chi connectivity index (χ2n) is 3.62. The van der Waals surface area contributed by atoms with E-state index in [-0.39, 0.29) is 11.5 Å². The lowest BCUT2D eigenvalue weighted by Gasteiger charge is -2.02. The van der Waals surface area contributed by atoms with Crippen LogP contribution in [0, 0.1) is 0 Å². The van der Waals surface area contributed by atoms with Crippen molar-refractivity contribution in [2.24, 2.45) is 0 Å². The van der Waals surface area contributed by atoms with Crippen molar-refractivity contribution in [2.45, 2.75) is 0 Å². The Bertz CT molecular complexity index is 747. The van der Waals surface area contributed by atoms with Crippen LogP contribution >= 0.6 is 0 Å². The molecule has 0 aliphatic carbocycles. The molecular formula is C11H9N5O2. The second kappa shape index (κ2) is 3.88. The number of H-pyrrole nitrogens is 2. The first-order chi connectivity index (χ1) is 8.74. The zero-order valence-electron chi connectivity index (χ0n) is 9.18. The normalized spacial score (nSPS) is 10.7. The molecule has 7 heteroatoms. The first kappa shape index (κ1) is 10.3. The molecule has 0 saturated carbocycles. The molecular weight excluding hydrogens is 234 g/mol. The monoisotopic (exact) mass is 243 g/mol. The molecule has 7 nitrogen and oxygen atoms in total. The van der Waals surface area contributed by atoms with E-state index in [2.05, 4.69) is 19.9 Å². The Morgan fingerprint density at radius 3 is 3.06 bits per heavy atom. The van der Waals surface area contributed by atoms with Gasteiger partial charge in [0.15, 0.2) is 5.75 Å². The second-order valence-corrected chi connectivity index (χ2v) is 3.62. The molecule has 0 spiro atoms. The Hall–Kier alpha value is -2.83. The summed E-state index contributed by atoms with van der Waals surface area (Å²) in [5.74, 6) is 1.03. The van der Waals surface area contributed by atoms with E-state index in [0.29, 0.717) is 22.5 Å². The van der Waals surface area contributed by atoms with Gasteiger partial charge in [0.25, 0.3) is 5.56 Å². The molecule has 18 heavy (non-hydrogen) atoms. The smallest absolute Gasteiger partial charge is 0.276 e. The van der Waals surface area contributed by atoms with Crippen molar-refractivity contribution in [1.82, 2.24) is 19.9 Å². The lowest BCUT2D eigenvalue weighted by Crippen LogP contribution is -2.10. The Kier molecular flexibility index (Phi) is 2.23. The number of aromatic nitrogens is 4. The van der Waals surface area contributed by atoms with Gasteiger partial charge in [-0.2, -0.15) is 0 Å². The molecule has 0 aromatic carbocycles. The van der Waals surface area contributed by atoms with Crippen LogP contribution in [0.4, 0.5) is 5.95 Å². The van der Waals surface area contributed by atoms with Crippen LogP contribution in [0.5, 0.6) is 11.5 Å². The topological polar surface area (TPSA) is 110 Å². The van der Waals surface area contributed by atoms with Gasteiger partial charge in [0, 0.05) is 12.4 Å². The van der Waals surface area contributed by atoms with Gasteiger partial charge in [-0.25, -0.2) is 4.98 Å². The van der Waals surface area contributed by atoms with Crippen LogP contribution in [0.25, 0.3) is 11.0 Å². The standard InChI is InChI=1S/C11H9N5O2/c12-11-15-8-7(5-14-9(8)10(17)16-11)18-6-2-1-3-13-4-6/h1-5,14H,(H3,12,15,16,17). The van der Waals surface area contributed by atoms with E-state index in [1.807, 2.05) is 0 Å². The van der Waals surface area contributed by atoms with Gasteiger partial charge in [0.05, 0.1) is 6.20 Å². The number of fused-ring (bicyclic) bond motifs is 1. The average molecular weight is 243 g/mol. The predicted octanol–water partition coefficient (Wildman–Crippen LogP) is 1.02. The third-order valence-electron chi connectivity index (χ3n) is 2.38. The first-order valence-electron chi connectivity index (χ1n) is 5.19. The van der Waals surface area contributed by atoms with Gasteiger partial charge in [-0.05, 0) is 12.1 Å². The molecule has 0 aliphatic heterocycles. The number of aromatic amines is 2. The Balaban J connectivity index is 2.11. The van der Waals surface area contributed by atoms with Gasteiger partial charge in [0.2, 0.25) is 5.95 Å². The highest BCUT2D eigenvalue weighted by molar-refractivity contribution is 5.82. The van der Waals surface area contributed by atoms with Crippen molar-refractivity contribution in [1.29, 1.82) is 0 Å². The Morgan fingerprint density at radius 1 is 1.39 bits per heavy atom. The number of nitrogens with two attached hydrogens (primary N) is 1. The summed E-state index contributed by atoms with van der Waals surface area (Å²) in [6.45, 7) is 0. The van der Waals surface area contributed by atoms with E-state index >= 15 is 0 Å². The maximum absolute atomic E-state index is 11.6. The van der Waals surface area contributed by atoms with E-state index in [1.165, 1.54) is 0 Å². The maximum atomic E-state index is 11.6. The lowest BCUT2D eigenvalue weighted by atomic mass is 10.4. The van der Waals surface area contributed by atoms with Crippen LogP contribution < -0.4 is 16.0 Å². The zero-order valence-corrected chi connectivity index (χ0v) is 9.18. The minimum Gasteiger partial charge on any atom is -0.452 e. The molecule has 0 radical (unpaired) electrons. The minimum absolute atomic E-state index is 0.0446. The fraction of sp³-hybridized carbons (Fsp3) is 0. The molecule has 0 amide bonds. The fourth-order valence-electron chi connectivity index (χ4n) is 1.62. The third-order valence-corrected chi connectivity index (χ3v) is 2.38. The predicted molar refractivity (Wildman–Crippen MR) is 65.4 cm³/mol. The van der Waals surface area contributed by atoms with E-state index in [9.17, 15) is 4.79 Å². The number of ether oxygens (including phenoxy) is 1. The summed E-state index contributed by atoms with van der Waals surface area (Å²) >= 11 is 0. The van der Waals surface area contributed by atoms with Crippen molar-refractivity contribution in [3.05, 3.63) is 41.1 Å². The molecule has 3 aromatic rings. The molecule has 3 rings (SSSR count). The lowest BCUT2D eigenvalue weighted by molar-refractivity contribution is 0.484. The summed E-state index contributed by atoms with van der Waals surface area (Å²) in [7, 11) is 0. The number of nitrogens with zero attached hydrogens (tertiary/aromatic N) is 2. The summed E-state index contributed by atoms with van der Waals surface area (Å²) in [4.78, 5) is 24.8. The highest BCUT2D eigenvalue weighted by Crippen LogP contribution is 2.26. The summed E-state index contributed by atoms with van der Waals surface area (Å²) < 4.78 is 5.58. The van der Waals surface area contributed by atoms with Gasteiger partial charge < -0.3 is 15.5 Å². The number of nitrogen functional groups attached to an aromatic ring is 1. The molecule has 3 aromatic heterocycles. The van der Waals surface area contributed by atoms with E-state index < -0.39 is 0 Å². The maximum Gasteiger partial charge on any atom is 0.276 e. The van der Waals surface area contributed by atoms with Crippen LogP contribution in [0.3, 0.4) is 0 Å². The summed E-state index contributed by atoms with van der Waals surface area (Å²) in [5.41, 5.74) is 5.87. The van der Waals surface area contributed by atoms with Crippen molar-refractivity contribution in [3.63, 3.8) is 0 Å². The molecule has 0 saturated heterocycles. The number of rotatable bonds is 2.